The molecule has 1 saturated heterocycles. The van der Waals surface area contributed by atoms with Crippen molar-refractivity contribution in [2.75, 3.05) is 31.6 Å². The van der Waals surface area contributed by atoms with Crippen LogP contribution in [0.25, 0.3) is 0 Å². The second-order valence-corrected chi connectivity index (χ2v) is 6.81. The fraction of sp³-hybridized carbons (Fsp3) is 0.368. The smallest absolute Gasteiger partial charge is 0.255 e. The summed E-state index contributed by atoms with van der Waals surface area (Å²) in [7, 11) is 1.95. The molecule has 124 valence electrons. The van der Waals surface area contributed by atoms with Gasteiger partial charge < -0.3 is 9.80 Å². The number of likely N-dealkylation sites (tertiary alicyclic amines) is 1. The highest BCUT2D eigenvalue weighted by Gasteiger charge is 2.45. The van der Waals surface area contributed by atoms with Gasteiger partial charge in [0.25, 0.3) is 5.91 Å². The highest BCUT2D eigenvalue weighted by atomic mass is 19.1. The van der Waals surface area contributed by atoms with E-state index in [-0.39, 0.29) is 17.1 Å². The second-order valence-electron chi connectivity index (χ2n) is 6.81. The monoisotopic (exact) mass is 325 g/mol. The summed E-state index contributed by atoms with van der Waals surface area (Å²) < 4.78 is 14.2. The Labute approximate surface area is 140 Å². The number of aromatic nitrogens is 1. The van der Waals surface area contributed by atoms with Gasteiger partial charge in [-0.25, -0.2) is 4.39 Å². The summed E-state index contributed by atoms with van der Waals surface area (Å²) in [6.07, 6.45) is 5.00. The molecule has 0 radical (unpaired) electrons. The van der Waals surface area contributed by atoms with Crippen LogP contribution in [0.15, 0.2) is 42.7 Å². The number of likely N-dealkylation sites (N-methyl/N-ethyl adjacent to an activating group) is 1. The molecule has 1 aromatic heterocycles. The second kappa shape index (κ2) is 5.58. The van der Waals surface area contributed by atoms with Crippen molar-refractivity contribution in [1.82, 2.24) is 9.88 Å². The van der Waals surface area contributed by atoms with Crippen LogP contribution in [0.3, 0.4) is 0 Å². The van der Waals surface area contributed by atoms with Gasteiger partial charge in [-0.2, -0.15) is 0 Å². The largest absolute Gasteiger partial charge is 0.371 e. The molecule has 4 rings (SSSR count). The Balaban J connectivity index is 1.55. The number of halogens is 1. The van der Waals surface area contributed by atoms with Crippen LogP contribution >= 0.6 is 0 Å². The van der Waals surface area contributed by atoms with E-state index in [0.717, 1.165) is 30.6 Å². The fourth-order valence-electron chi connectivity index (χ4n) is 4.19. The average molecular weight is 325 g/mol. The van der Waals surface area contributed by atoms with E-state index in [4.69, 9.17) is 0 Å². The number of carbonyl (C=O) groups is 1. The van der Waals surface area contributed by atoms with Gasteiger partial charge in [0.1, 0.15) is 5.82 Å². The molecule has 24 heavy (non-hydrogen) atoms. The Hall–Kier alpha value is -2.43. The van der Waals surface area contributed by atoms with Gasteiger partial charge in [-0.1, -0.05) is 12.1 Å². The van der Waals surface area contributed by atoms with Crippen LogP contribution in [0.4, 0.5) is 10.1 Å². The number of rotatable bonds is 1. The lowest BCUT2D eigenvalue weighted by Gasteiger charge is -2.39. The summed E-state index contributed by atoms with van der Waals surface area (Å²) in [6, 6.07) is 8.94. The summed E-state index contributed by atoms with van der Waals surface area (Å²) >= 11 is 0. The minimum absolute atomic E-state index is 0.0313. The molecule has 2 aliphatic rings. The Bertz CT molecular complexity index is 769. The zero-order valence-electron chi connectivity index (χ0n) is 13.7. The van der Waals surface area contributed by atoms with Crippen LogP contribution in [0.5, 0.6) is 0 Å². The summed E-state index contributed by atoms with van der Waals surface area (Å²) in [6.45, 7) is 2.20. The lowest BCUT2D eigenvalue weighted by molar-refractivity contribution is 0.0674. The number of carbonyl (C=O) groups excluding carboxylic acids is 1. The first-order valence-corrected chi connectivity index (χ1v) is 8.30. The fourth-order valence-corrected chi connectivity index (χ4v) is 4.19. The van der Waals surface area contributed by atoms with E-state index in [1.54, 1.807) is 30.6 Å². The van der Waals surface area contributed by atoms with Crippen LogP contribution in [0.2, 0.25) is 0 Å². The third-order valence-corrected chi connectivity index (χ3v) is 5.40. The van der Waals surface area contributed by atoms with E-state index in [0.29, 0.717) is 18.7 Å². The maximum absolute atomic E-state index is 14.2. The van der Waals surface area contributed by atoms with Crippen molar-refractivity contribution in [3.63, 3.8) is 0 Å². The molecule has 1 aromatic carbocycles. The Kier molecular flexibility index (Phi) is 3.52. The molecule has 0 bridgehead atoms. The predicted molar refractivity (Wildman–Crippen MR) is 90.7 cm³/mol. The number of hydrogen-bond donors (Lipinski definition) is 0. The van der Waals surface area contributed by atoms with E-state index in [2.05, 4.69) is 4.98 Å². The lowest BCUT2D eigenvalue weighted by Crippen LogP contribution is -2.46. The number of benzene rings is 1. The molecular formula is C19H20FN3O. The van der Waals surface area contributed by atoms with Gasteiger partial charge in [-0.3, -0.25) is 9.78 Å². The van der Waals surface area contributed by atoms with E-state index in [1.165, 1.54) is 6.07 Å². The molecule has 0 saturated carbocycles. The van der Waals surface area contributed by atoms with Gasteiger partial charge in [0.15, 0.2) is 0 Å². The summed E-state index contributed by atoms with van der Waals surface area (Å²) in [5.74, 6) is -0.121. The molecule has 0 N–H and O–H groups in total. The maximum atomic E-state index is 14.2. The van der Waals surface area contributed by atoms with Gasteiger partial charge >= 0.3 is 0 Å². The van der Waals surface area contributed by atoms with Crippen molar-refractivity contribution < 1.29 is 9.18 Å². The summed E-state index contributed by atoms with van der Waals surface area (Å²) in [4.78, 5) is 20.5. The molecule has 1 spiro atoms. The summed E-state index contributed by atoms with van der Waals surface area (Å²) in [5, 5.41) is 0. The molecule has 0 atom stereocenters. The molecular weight excluding hydrogens is 305 g/mol. The number of para-hydroxylation sites is 1. The van der Waals surface area contributed by atoms with Crippen molar-refractivity contribution >= 4 is 11.6 Å². The van der Waals surface area contributed by atoms with E-state index in [1.807, 2.05) is 22.9 Å². The molecule has 2 aromatic rings. The number of anilines is 1. The highest BCUT2D eigenvalue weighted by Crippen LogP contribution is 2.47. The predicted octanol–water partition coefficient (Wildman–Crippen LogP) is 2.84. The lowest BCUT2D eigenvalue weighted by atomic mass is 9.74. The van der Waals surface area contributed by atoms with E-state index in [9.17, 15) is 9.18 Å². The van der Waals surface area contributed by atoms with Gasteiger partial charge in [-0.05, 0) is 36.6 Å². The first-order chi connectivity index (χ1) is 11.6. The van der Waals surface area contributed by atoms with Crippen LogP contribution < -0.4 is 4.90 Å². The number of nitrogens with zero attached hydrogens (tertiary/aromatic N) is 3. The zero-order valence-corrected chi connectivity index (χ0v) is 13.7. The van der Waals surface area contributed by atoms with Gasteiger partial charge in [-0.15, -0.1) is 0 Å². The normalized spacial score (nSPS) is 18.8. The minimum Gasteiger partial charge on any atom is -0.371 e. The van der Waals surface area contributed by atoms with Crippen LogP contribution in [0.1, 0.15) is 28.8 Å². The average Bonchev–Trinajstić information content (AvgIpc) is 2.89. The first kappa shape index (κ1) is 15.1. The van der Waals surface area contributed by atoms with Crippen LogP contribution in [-0.2, 0) is 5.41 Å². The Morgan fingerprint density at radius 2 is 2.00 bits per heavy atom. The molecule has 1 fully saturated rings. The van der Waals surface area contributed by atoms with Crippen molar-refractivity contribution in [3.8, 4) is 0 Å². The molecule has 4 nitrogen and oxygen atoms in total. The minimum atomic E-state index is -0.152. The molecule has 5 heteroatoms. The van der Waals surface area contributed by atoms with E-state index < -0.39 is 0 Å². The Morgan fingerprint density at radius 1 is 1.21 bits per heavy atom. The molecule has 2 aliphatic heterocycles. The quantitative estimate of drug-likeness (QED) is 0.809. The third kappa shape index (κ3) is 2.27. The van der Waals surface area contributed by atoms with Crippen molar-refractivity contribution in [2.45, 2.75) is 18.3 Å². The third-order valence-electron chi connectivity index (χ3n) is 5.40. The SMILES string of the molecule is CN1CC2(CCN(C(=O)c3cccnc3)CC2)c2cccc(F)c21. The molecule has 1 amide bonds. The first-order valence-electron chi connectivity index (χ1n) is 8.30. The topological polar surface area (TPSA) is 36.4 Å². The Morgan fingerprint density at radius 3 is 2.71 bits per heavy atom. The van der Waals surface area contributed by atoms with Crippen molar-refractivity contribution in [2.24, 2.45) is 0 Å². The highest BCUT2D eigenvalue weighted by molar-refractivity contribution is 5.94. The molecule has 0 unspecified atom stereocenters. The van der Waals surface area contributed by atoms with Gasteiger partial charge in [0.2, 0.25) is 0 Å². The standard InChI is InChI=1S/C19H20FN3O/c1-22-13-19(15-5-2-6-16(20)17(15)22)7-10-23(11-8-19)18(24)14-4-3-9-21-12-14/h2-6,9,12H,7-8,10-11,13H2,1H3. The number of amides is 1. The number of fused-ring (bicyclic) bond motifs is 2. The van der Waals surface area contributed by atoms with Gasteiger partial charge in [0.05, 0.1) is 11.3 Å². The van der Waals surface area contributed by atoms with Crippen molar-refractivity contribution in [3.05, 3.63) is 59.7 Å². The van der Waals surface area contributed by atoms with Crippen LogP contribution in [-0.4, -0.2) is 42.5 Å². The van der Waals surface area contributed by atoms with Crippen molar-refractivity contribution in [1.29, 1.82) is 0 Å². The number of hydrogen-bond acceptors (Lipinski definition) is 3. The molecule has 3 heterocycles. The molecule has 0 aliphatic carbocycles. The van der Waals surface area contributed by atoms with E-state index >= 15 is 0 Å². The number of pyridine rings is 1. The zero-order chi connectivity index (χ0) is 16.7. The number of piperidine rings is 1. The van der Waals surface area contributed by atoms with Gasteiger partial charge in [0, 0.05) is 44.5 Å². The van der Waals surface area contributed by atoms with Crippen LogP contribution in [0, 0.1) is 5.82 Å². The summed E-state index contributed by atoms with van der Waals surface area (Å²) in [5.41, 5.74) is 2.41. The maximum Gasteiger partial charge on any atom is 0.255 e.